The summed E-state index contributed by atoms with van der Waals surface area (Å²) < 4.78 is 8.75. The Balaban J connectivity index is 1.19. The minimum atomic E-state index is 0.0247. The number of ether oxygens (including phenoxy) is 1. The second-order valence-corrected chi connectivity index (χ2v) is 12.3. The number of anilines is 1. The van der Waals surface area contributed by atoms with Gasteiger partial charge in [0.05, 0.1) is 23.7 Å². The van der Waals surface area contributed by atoms with Crippen LogP contribution < -0.4 is 9.64 Å². The second-order valence-electron chi connectivity index (χ2n) is 12.3. The van der Waals surface area contributed by atoms with Crippen LogP contribution in [0.1, 0.15) is 44.9 Å². The second kappa shape index (κ2) is 10.7. The Kier molecular flexibility index (Phi) is 6.66. The van der Waals surface area contributed by atoms with Gasteiger partial charge in [-0.3, -0.25) is 4.57 Å². The fourth-order valence-corrected chi connectivity index (χ4v) is 5.91. The molecule has 3 heterocycles. The molecule has 0 radical (unpaired) electrons. The van der Waals surface area contributed by atoms with Crippen molar-refractivity contribution in [2.24, 2.45) is 0 Å². The van der Waals surface area contributed by atoms with E-state index in [1.54, 1.807) is 0 Å². The molecule has 0 N–H and O–H groups in total. The zero-order valence-corrected chi connectivity index (χ0v) is 25.1. The van der Waals surface area contributed by atoms with Crippen molar-refractivity contribution in [1.29, 1.82) is 0 Å². The fraction of sp³-hybridized carbons (Fsp3) is 0.184. The van der Waals surface area contributed by atoms with Gasteiger partial charge in [0.2, 0.25) is 0 Å². The van der Waals surface area contributed by atoms with Gasteiger partial charge in [-0.25, -0.2) is 4.98 Å². The van der Waals surface area contributed by atoms with E-state index in [-0.39, 0.29) is 5.41 Å². The summed E-state index contributed by atoms with van der Waals surface area (Å²) in [5.41, 5.74) is 5.87. The van der Waals surface area contributed by atoms with Crippen LogP contribution in [0.5, 0.6) is 11.5 Å². The summed E-state index contributed by atoms with van der Waals surface area (Å²) in [7, 11) is 0. The molecule has 1 atom stereocenters. The lowest BCUT2D eigenvalue weighted by molar-refractivity contribution is 0.322. The van der Waals surface area contributed by atoms with Gasteiger partial charge in [0.15, 0.2) is 0 Å². The molecule has 43 heavy (non-hydrogen) atoms. The van der Waals surface area contributed by atoms with Gasteiger partial charge in [0, 0.05) is 47.2 Å². The summed E-state index contributed by atoms with van der Waals surface area (Å²) in [4.78, 5) is 9.41. The maximum atomic E-state index is 6.50. The molecule has 4 aromatic carbocycles. The molecule has 7 rings (SSSR count). The Morgan fingerprint density at radius 2 is 1.49 bits per heavy atom. The third-order valence-corrected chi connectivity index (χ3v) is 8.40. The van der Waals surface area contributed by atoms with Crippen molar-refractivity contribution in [1.82, 2.24) is 14.5 Å². The first-order chi connectivity index (χ1) is 20.8. The normalized spacial score (nSPS) is 14.1. The van der Waals surface area contributed by atoms with Crippen molar-refractivity contribution in [2.45, 2.75) is 39.2 Å². The number of rotatable bonds is 6. The number of para-hydroxylation sites is 1. The molecule has 0 aliphatic carbocycles. The van der Waals surface area contributed by atoms with Crippen LogP contribution in [0.15, 0.2) is 128 Å². The van der Waals surface area contributed by atoms with E-state index in [1.807, 2.05) is 12.3 Å². The lowest BCUT2D eigenvalue weighted by Gasteiger charge is -2.27. The number of hydrogen-bond acceptors (Lipinski definition) is 4. The number of aromatic nitrogens is 2. The van der Waals surface area contributed by atoms with Crippen molar-refractivity contribution < 1.29 is 4.74 Å². The number of hydrogen-bond donors (Lipinski definition) is 0. The molecule has 1 aliphatic rings. The highest BCUT2D eigenvalue weighted by Crippen LogP contribution is 2.36. The summed E-state index contributed by atoms with van der Waals surface area (Å²) in [6.07, 6.45) is 6.22. The van der Waals surface area contributed by atoms with Gasteiger partial charge < -0.3 is 14.5 Å². The van der Waals surface area contributed by atoms with Gasteiger partial charge in [0.25, 0.3) is 0 Å². The topological polar surface area (TPSA) is 33.5 Å². The Morgan fingerprint density at radius 1 is 0.721 bits per heavy atom. The largest absolute Gasteiger partial charge is 0.457 e. The molecule has 0 spiro atoms. The quantitative estimate of drug-likeness (QED) is 0.202. The van der Waals surface area contributed by atoms with E-state index in [0.29, 0.717) is 6.04 Å². The molecule has 1 unspecified atom stereocenters. The first-order valence-electron chi connectivity index (χ1n) is 14.9. The molecule has 6 aromatic rings. The molecule has 0 saturated heterocycles. The van der Waals surface area contributed by atoms with Crippen LogP contribution in [0.3, 0.4) is 0 Å². The number of pyridine rings is 1. The Hall–Kier alpha value is -5.03. The van der Waals surface area contributed by atoms with Crippen LogP contribution in [0, 0.1) is 0 Å². The average Bonchev–Trinajstić information content (AvgIpc) is 3.64. The van der Waals surface area contributed by atoms with Crippen molar-refractivity contribution >= 4 is 27.5 Å². The molecular weight excluding hydrogens is 528 g/mol. The van der Waals surface area contributed by atoms with Gasteiger partial charge >= 0.3 is 0 Å². The van der Waals surface area contributed by atoms with Crippen molar-refractivity contribution in [3.05, 3.63) is 139 Å². The van der Waals surface area contributed by atoms with E-state index >= 15 is 0 Å². The minimum absolute atomic E-state index is 0.0247. The molecule has 2 aromatic heterocycles. The lowest BCUT2D eigenvalue weighted by atomic mass is 9.88. The maximum absolute atomic E-state index is 6.50. The minimum Gasteiger partial charge on any atom is -0.457 e. The van der Waals surface area contributed by atoms with Gasteiger partial charge in [-0.15, -0.1) is 0 Å². The summed E-state index contributed by atoms with van der Waals surface area (Å²) in [5.74, 6) is 2.50. The summed E-state index contributed by atoms with van der Waals surface area (Å²) in [6.45, 7) is 9.73. The first-order valence-corrected chi connectivity index (χ1v) is 14.9. The molecular formula is C38H36N4O. The highest BCUT2D eigenvalue weighted by Gasteiger charge is 2.21. The molecule has 0 fully saturated rings. The smallest absolute Gasteiger partial charge is 0.137 e. The van der Waals surface area contributed by atoms with Gasteiger partial charge in [-0.1, -0.05) is 75.4 Å². The van der Waals surface area contributed by atoms with E-state index in [9.17, 15) is 0 Å². The predicted molar refractivity (Wildman–Crippen MR) is 177 cm³/mol. The summed E-state index contributed by atoms with van der Waals surface area (Å²) in [5, 5.41) is 2.37. The van der Waals surface area contributed by atoms with E-state index in [4.69, 9.17) is 9.72 Å². The average molecular weight is 565 g/mol. The van der Waals surface area contributed by atoms with E-state index in [0.717, 1.165) is 40.7 Å². The van der Waals surface area contributed by atoms with Crippen molar-refractivity contribution in [3.63, 3.8) is 0 Å². The molecule has 5 heteroatoms. The standard InChI is InChI=1S/C38H36N4O/c1-27(28-11-6-5-7-12-28)40-21-22-41(26-40)30-13-10-14-31(24-30)43-32-17-18-34-33-15-8-9-16-35(33)42(36(34)25-32)37-23-29(19-20-39-37)38(2,3)4/h5-25,27H,26H2,1-4H3. The number of fused-ring (bicyclic) bond motifs is 3. The molecule has 0 saturated carbocycles. The van der Waals surface area contributed by atoms with Crippen LogP contribution in [0.4, 0.5) is 5.69 Å². The van der Waals surface area contributed by atoms with Crippen LogP contribution >= 0.6 is 0 Å². The fourth-order valence-electron chi connectivity index (χ4n) is 5.91. The maximum Gasteiger partial charge on any atom is 0.137 e. The van der Waals surface area contributed by atoms with Crippen molar-refractivity contribution in [3.8, 4) is 17.3 Å². The lowest BCUT2D eigenvalue weighted by Crippen LogP contribution is -2.27. The predicted octanol–water partition coefficient (Wildman–Crippen LogP) is 9.58. The zero-order valence-electron chi connectivity index (χ0n) is 25.1. The third kappa shape index (κ3) is 5.12. The molecule has 214 valence electrons. The highest BCUT2D eigenvalue weighted by atomic mass is 16.5. The summed E-state index contributed by atoms with van der Waals surface area (Å²) in [6, 6.07) is 38.4. The van der Waals surface area contributed by atoms with Crippen LogP contribution in [0.2, 0.25) is 0 Å². The van der Waals surface area contributed by atoms with Gasteiger partial charge in [-0.05, 0) is 65.9 Å². The zero-order chi connectivity index (χ0) is 29.6. The molecule has 1 aliphatic heterocycles. The van der Waals surface area contributed by atoms with Gasteiger partial charge in [-0.2, -0.15) is 0 Å². The van der Waals surface area contributed by atoms with Gasteiger partial charge in [0.1, 0.15) is 17.3 Å². The Morgan fingerprint density at radius 3 is 2.33 bits per heavy atom. The molecule has 5 nitrogen and oxygen atoms in total. The monoisotopic (exact) mass is 564 g/mol. The van der Waals surface area contributed by atoms with E-state index in [1.165, 1.54) is 21.9 Å². The number of benzene rings is 4. The first kappa shape index (κ1) is 26.8. The van der Waals surface area contributed by atoms with Crippen molar-refractivity contribution in [2.75, 3.05) is 11.6 Å². The van der Waals surface area contributed by atoms with E-state index in [2.05, 4.69) is 158 Å². The third-order valence-electron chi connectivity index (χ3n) is 8.40. The molecule has 0 amide bonds. The Labute approximate surface area is 253 Å². The van der Waals surface area contributed by atoms with E-state index < -0.39 is 0 Å². The highest BCUT2D eigenvalue weighted by molar-refractivity contribution is 6.09. The molecule has 0 bridgehead atoms. The van der Waals surface area contributed by atoms with Crippen LogP contribution in [-0.2, 0) is 5.41 Å². The number of nitrogens with zero attached hydrogens (tertiary/aromatic N) is 4. The van der Waals surface area contributed by atoms with Crippen LogP contribution in [0.25, 0.3) is 27.6 Å². The van der Waals surface area contributed by atoms with Crippen LogP contribution in [-0.4, -0.2) is 21.1 Å². The SMILES string of the molecule is CC(c1ccccc1)N1C=CN(c2cccc(Oc3ccc4c5ccccc5n(-c5cc(C(C)(C)C)ccn5)c4c3)c2)C1. The summed E-state index contributed by atoms with van der Waals surface area (Å²) >= 11 is 0. The Bertz CT molecular complexity index is 1950.